The minimum absolute atomic E-state index is 0.152. The molecule has 104 valence electrons. The van der Waals surface area contributed by atoms with E-state index in [4.69, 9.17) is 22.1 Å². The van der Waals surface area contributed by atoms with Gasteiger partial charge in [-0.25, -0.2) is 0 Å². The maximum absolute atomic E-state index is 9.50. The zero-order chi connectivity index (χ0) is 14.0. The summed E-state index contributed by atoms with van der Waals surface area (Å²) in [5, 5.41) is 9.50. The second-order valence-electron chi connectivity index (χ2n) is 5.91. The number of halogens is 1. The van der Waals surface area contributed by atoms with Crippen molar-refractivity contribution in [3.8, 4) is 0 Å². The minimum Gasteiger partial charge on any atom is -0.389 e. The zero-order valence-corrected chi connectivity index (χ0v) is 12.4. The summed E-state index contributed by atoms with van der Waals surface area (Å²) in [4.78, 5) is -0.610. The van der Waals surface area contributed by atoms with Crippen LogP contribution in [0.25, 0.3) is 0 Å². The Balaban J connectivity index is 2.86. The van der Waals surface area contributed by atoms with Crippen LogP contribution in [0.1, 0.15) is 27.7 Å². The van der Waals surface area contributed by atoms with E-state index < -0.39 is 11.0 Å². The molecule has 3 N–H and O–H groups in total. The van der Waals surface area contributed by atoms with Crippen LogP contribution in [0.3, 0.4) is 0 Å². The maximum atomic E-state index is 9.50. The average Bonchev–Trinajstić information content (AvgIpc) is 2.28. The van der Waals surface area contributed by atoms with Gasteiger partial charge in [0, 0.05) is 6.54 Å². The second kappa shape index (κ2) is 5.74. The first-order valence-electron chi connectivity index (χ1n) is 6.27. The molecule has 0 aromatic carbocycles. The SMILES string of the molecule is CC1=CC(OCC(O)CN)C(Cl)(C(C)(C)C)C=C1. The molecule has 3 unspecified atom stereocenters. The smallest absolute Gasteiger partial charge is 0.0995 e. The number of allylic oxidation sites excluding steroid dienone is 2. The predicted molar refractivity (Wildman–Crippen MR) is 75.7 cm³/mol. The lowest BCUT2D eigenvalue weighted by atomic mass is 9.74. The topological polar surface area (TPSA) is 55.5 Å². The lowest BCUT2D eigenvalue weighted by Crippen LogP contribution is -2.48. The Morgan fingerprint density at radius 3 is 2.67 bits per heavy atom. The second-order valence-corrected chi connectivity index (χ2v) is 6.53. The number of aliphatic hydroxyl groups is 1. The van der Waals surface area contributed by atoms with Gasteiger partial charge < -0.3 is 15.6 Å². The van der Waals surface area contributed by atoms with E-state index in [2.05, 4.69) is 20.8 Å². The highest BCUT2D eigenvalue weighted by Crippen LogP contribution is 2.44. The largest absolute Gasteiger partial charge is 0.389 e. The van der Waals surface area contributed by atoms with Gasteiger partial charge in [-0.2, -0.15) is 0 Å². The van der Waals surface area contributed by atoms with E-state index in [9.17, 15) is 5.11 Å². The number of nitrogens with two attached hydrogens (primary N) is 1. The third kappa shape index (κ3) is 3.35. The van der Waals surface area contributed by atoms with Gasteiger partial charge in [-0.1, -0.05) is 44.6 Å². The van der Waals surface area contributed by atoms with Crippen molar-refractivity contribution in [3.63, 3.8) is 0 Å². The fraction of sp³-hybridized carbons (Fsp3) is 0.714. The van der Waals surface area contributed by atoms with Gasteiger partial charge in [0.1, 0.15) is 0 Å². The molecule has 3 atom stereocenters. The van der Waals surface area contributed by atoms with E-state index in [0.29, 0.717) is 0 Å². The van der Waals surface area contributed by atoms with Crippen LogP contribution in [0.5, 0.6) is 0 Å². The van der Waals surface area contributed by atoms with Gasteiger partial charge in [0.2, 0.25) is 0 Å². The molecular formula is C14H24ClNO2. The molecule has 18 heavy (non-hydrogen) atoms. The van der Waals surface area contributed by atoms with Crippen LogP contribution in [0.15, 0.2) is 23.8 Å². The highest BCUT2D eigenvalue weighted by molar-refractivity contribution is 6.26. The highest BCUT2D eigenvalue weighted by Gasteiger charge is 2.46. The van der Waals surface area contributed by atoms with E-state index in [1.807, 2.05) is 25.2 Å². The number of aliphatic hydroxyl groups excluding tert-OH is 1. The Morgan fingerprint density at radius 1 is 1.56 bits per heavy atom. The molecule has 0 aliphatic heterocycles. The number of hydrogen-bond acceptors (Lipinski definition) is 3. The van der Waals surface area contributed by atoms with Crippen LogP contribution >= 0.6 is 11.6 Å². The first kappa shape index (κ1) is 15.7. The molecule has 3 nitrogen and oxygen atoms in total. The molecule has 0 spiro atoms. The third-order valence-corrected chi connectivity index (χ3v) is 4.21. The Hall–Kier alpha value is -0.350. The summed E-state index contributed by atoms with van der Waals surface area (Å²) >= 11 is 6.74. The van der Waals surface area contributed by atoms with Crippen molar-refractivity contribution >= 4 is 11.6 Å². The summed E-state index contributed by atoms with van der Waals surface area (Å²) in [6.45, 7) is 8.63. The highest BCUT2D eigenvalue weighted by atomic mass is 35.5. The van der Waals surface area contributed by atoms with Gasteiger partial charge in [0.05, 0.1) is 23.7 Å². The molecular weight excluding hydrogens is 250 g/mol. The normalized spacial score (nSPS) is 30.2. The fourth-order valence-electron chi connectivity index (χ4n) is 1.89. The van der Waals surface area contributed by atoms with Gasteiger partial charge in [-0.15, -0.1) is 11.6 Å². The number of hydrogen-bond donors (Lipinski definition) is 2. The minimum atomic E-state index is -0.648. The summed E-state index contributed by atoms with van der Waals surface area (Å²) in [5.74, 6) is 0. The molecule has 0 radical (unpaired) electrons. The summed E-state index contributed by atoms with van der Waals surface area (Å²) in [6, 6.07) is 0. The monoisotopic (exact) mass is 273 g/mol. The molecule has 0 saturated carbocycles. The molecule has 0 heterocycles. The third-order valence-electron chi connectivity index (χ3n) is 3.31. The zero-order valence-electron chi connectivity index (χ0n) is 11.6. The van der Waals surface area contributed by atoms with Gasteiger partial charge >= 0.3 is 0 Å². The first-order valence-corrected chi connectivity index (χ1v) is 6.65. The van der Waals surface area contributed by atoms with Crippen molar-refractivity contribution in [2.24, 2.45) is 11.1 Å². The maximum Gasteiger partial charge on any atom is 0.0995 e. The molecule has 1 aliphatic carbocycles. The number of rotatable bonds is 4. The Bertz CT molecular complexity index is 346. The number of alkyl halides is 1. The lowest BCUT2D eigenvalue weighted by molar-refractivity contribution is -0.0134. The van der Waals surface area contributed by atoms with Crippen LogP contribution in [-0.2, 0) is 4.74 Å². The Labute approximate surface area is 115 Å². The van der Waals surface area contributed by atoms with Gasteiger partial charge in [0.25, 0.3) is 0 Å². The van der Waals surface area contributed by atoms with Crippen LogP contribution in [0.4, 0.5) is 0 Å². The summed E-state index contributed by atoms with van der Waals surface area (Å²) < 4.78 is 5.76. The Kier molecular flexibility index (Phi) is 5.01. The van der Waals surface area contributed by atoms with Crippen LogP contribution < -0.4 is 5.73 Å². The molecule has 0 bridgehead atoms. The molecule has 0 saturated heterocycles. The first-order chi connectivity index (χ1) is 8.20. The summed E-state index contributed by atoms with van der Waals surface area (Å²) in [7, 11) is 0. The van der Waals surface area contributed by atoms with Crippen molar-refractivity contribution in [2.75, 3.05) is 13.2 Å². The van der Waals surface area contributed by atoms with Crippen LogP contribution in [0, 0.1) is 5.41 Å². The van der Waals surface area contributed by atoms with Crippen molar-refractivity contribution < 1.29 is 9.84 Å². The molecule has 4 heteroatoms. The quantitative estimate of drug-likeness (QED) is 0.773. The molecule has 0 aromatic rings. The summed E-state index contributed by atoms with van der Waals surface area (Å²) in [6.07, 6.45) is 5.10. The summed E-state index contributed by atoms with van der Waals surface area (Å²) in [5.41, 5.74) is 6.34. The number of ether oxygens (including phenoxy) is 1. The van der Waals surface area contributed by atoms with Gasteiger partial charge in [-0.05, 0) is 12.3 Å². The standard InChI is InChI=1S/C14H24ClNO2/c1-10-5-6-14(15,13(2,3)4)12(7-10)18-9-11(17)8-16/h5-7,11-12,17H,8-9,16H2,1-4H3. The van der Waals surface area contributed by atoms with Crippen LogP contribution in [-0.4, -0.2) is 35.3 Å². The van der Waals surface area contributed by atoms with E-state index in [1.165, 1.54) is 0 Å². The molecule has 1 aliphatic rings. The Morgan fingerprint density at radius 2 is 2.17 bits per heavy atom. The lowest BCUT2D eigenvalue weighted by Gasteiger charge is -2.43. The van der Waals surface area contributed by atoms with Crippen molar-refractivity contribution in [2.45, 2.75) is 44.8 Å². The van der Waals surface area contributed by atoms with Crippen molar-refractivity contribution in [1.29, 1.82) is 0 Å². The average molecular weight is 274 g/mol. The fourth-order valence-corrected chi connectivity index (χ4v) is 2.08. The van der Waals surface area contributed by atoms with E-state index >= 15 is 0 Å². The predicted octanol–water partition coefficient (Wildman–Crippen LogP) is 2.23. The van der Waals surface area contributed by atoms with Gasteiger partial charge in [-0.3, -0.25) is 0 Å². The van der Waals surface area contributed by atoms with E-state index in [0.717, 1.165) is 5.57 Å². The van der Waals surface area contributed by atoms with Crippen LogP contribution in [0.2, 0.25) is 0 Å². The van der Waals surface area contributed by atoms with Gasteiger partial charge in [0.15, 0.2) is 0 Å². The van der Waals surface area contributed by atoms with Crippen molar-refractivity contribution in [1.82, 2.24) is 0 Å². The molecule has 0 aromatic heterocycles. The van der Waals surface area contributed by atoms with E-state index in [1.54, 1.807) is 0 Å². The van der Waals surface area contributed by atoms with E-state index in [-0.39, 0.29) is 24.7 Å². The molecule has 0 amide bonds. The molecule has 1 rings (SSSR count). The molecule has 0 fully saturated rings. The van der Waals surface area contributed by atoms with Crippen molar-refractivity contribution in [3.05, 3.63) is 23.8 Å².